The summed E-state index contributed by atoms with van der Waals surface area (Å²) >= 11 is 0. The minimum Gasteiger partial charge on any atom is -0.493 e. The molecule has 0 saturated carbocycles. The van der Waals surface area contributed by atoms with Crippen LogP contribution in [0, 0.1) is 11.3 Å². The topological polar surface area (TPSA) is 104 Å². The highest BCUT2D eigenvalue weighted by Crippen LogP contribution is 2.44. The largest absolute Gasteiger partial charge is 0.493 e. The molecule has 0 bridgehead atoms. The molecule has 2 heterocycles. The maximum Gasteiger partial charge on any atom is 0.161 e. The Balaban J connectivity index is 1.74. The molecule has 26 heavy (non-hydrogen) atoms. The molecule has 7 heteroatoms. The van der Waals surface area contributed by atoms with Crippen molar-refractivity contribution in [3.63, 3.8) is 0 Å². The Kier molecular flexibility index (Phi) is 4.03. The zero-order valence-corrected chi connectivity index (χ0v) is 14.1. The van der Waals surface area contributed by atoms with E-state index >= 15 is 0 Å². The van der Waals surface area contributed by atoms with Gasteiger partial charge in [-0.3, -0.25) is 5.10 Å². The Morgan fingerprint density at radius 1 is 1.31 bits per heavy atom. The van der Waals surface area contributed by atoms with E-state index in [2.05, 4.69) is 15.2 Å². The summed E-state index contributed by atoms with van der Waals surface area (Å²) in [5.74, 6) is 1.22. The Morgan fingerprint density at radius 2 is 2.19 bits per heavy atom. The fourth-order valence-corrected chi connectivity index (χ4v) is 3.20. The van der Waals surface area contributed by atoms with E-state index in [4.69, 9.17) is 19.8 Å². The first-order valence-electron chi connectivity index (χ1n) is 8.14. The third-order valence-electron chi connectivity index (χ3n) is 4.39. The number of hydrogen-bond donors (Lipinski definition) is 2. The number of H-pyrrole nitrogens is 1. The third kappa shape index (κ3) is 2.57. The summed E-state index contributed by atoms with van der Waals surface area (Å²) in [6, 6.07) is 9.41. The van der Waals surface area contributed by atoms with Crippen LogP contribution in [0.15, 0.2) is 30.5 Å². The van der Waals surface area contributed by atoms with Crippen molar-refractivity contribution in [2.75, 3.05) is 20.3 Å². The maximum atomic E-state index is 9.00. The smallest absolute Gasteiger partial charge is 0.161 e. The molecule has 1 aliphatic rings. The number of aromatic amines is 1. The molecule has 1 aromatic carbocycles. The Hall–Kier alpha value is -3.37. The summed E-state index contributed by atoms with van der Waals surface area (Å²) in [5, 5.41) is 25.4. The highest BCUT2D eigenvalue weighted by Gasteiger charge is 2.27. The van der Waals surface area contributed by atoms with Gasteiger partial charge in [-0.2, -0.15) is 10.4 Å². The maximum absolute atomic E-state index is 9.00. The van der Waals surface area contributed by atoms with Crippen molar-refractivity contribution in [2.45, 2.75) is 6.42 Å². The second-order valence-corrected chi connectivity index (χ2v) is 5.88. The molecule has 0 saturated heterocycles. The number of rotatable bonds is 5. The molecule has 4 rings (SSSR count). The van der Waals surface area contributed by atoms with Crippen molar-refractivity contribution in [1.82, 2.24) is 15.2 Å². The number of benzene rings is 1. The van der Waals surface area contributed by atoms with E-state index < -0.39 is 0 Å². The molecule has 0 atom stereocenters. The lowest BCUT2D eigenvalue weighted by Crippen LogP contribution is -2.03. The molecule has 0 aliphatic heterocycles. The van der Waals surface area contributed by atoms with Crippen LogP contribution in [0.3, 0.4) is 0 Å². The Labute approximate surface area is 149 Å². The summed E-state index contributed by atoms with van der Waals surface area (Å²) in [5.41, 5.74) is 6.20. The van der Waals surface area contributed by atoms with Crippen LogP contribution in [-0.2, 0) is 6.42 Å². The van der Waals surface area contributed by atoms with Gasteiger partial charge in [-0.1, -0.05) is 0 Å². The van der Waals surface area contributed by atoms with E-state index in [1.165, 1.54) is 0 Å². The monoisotopic (exact) mass is 348 g/mol. The minimum atomic E-state index is -0.0641. The van der Waals surface area contributed by atoms with Gasteiger partial charge in [-0.05, 0) is 29.8 Å². The predicted molar refractivity (Wildman–Crippen MR) is 93.9 cm³/mol. The highest BCUT2D eigenvalue weighted by atomic mass is 16.5. The predicted octanol–water partition coefficient (Wildman–Crippen LogP) is 2.29. The summed E-state index contributed by atoms with van der Waals surface area (Å²) < 4.78 is 11.0. The zero-order chi connectivity index (χ0) is 18.1. The molecule has 2 aromatic heterocycles. The van der Waals surface area contributed by atoms with E-state index in [1.54, 1.807) is 19.4 Å². The summed E-state index contributed by atoms with van der Waals surface area (Å²) in [6.45, 7) is 0.137. The third-order valence-corrected chi connectivity index (χ3v) is 4.39. The van der Waals surface area contributed by atoms with Crippen LogP contribution >= 0.6 is 0 Å². The van der Waals surface area contributed by atoms with E-state index in [0.717, 1.165) is 33.6 Å². The number of aromatic nitrogens is 3. The number of nitriles is 1. The molecule has 130 valence electrons. The molecule has 0 unspecified atom stereocenters. The van der Waals surface area contributed by atoms with E-state index in [1.807, 2.05) is 24.3 Å². The summed E-state index contributed by atoms with van der Waals surface area (Å²) in [6.07, 6.45) is 2.38. The van der Waals surface area contributed by atoms with Gasteiger partial charge in [0, 0.05) is 29.3 Å². The molecule has 0 radical (unpaired) electrons. The van der Waals surface area contributed by atoms with Crippen molar-refractivity contribution >= 4 is 0 Å². The van der Waals surface area contributed by atoms with Gasteiger partial charge in [0.25, 0.3) is 0 Å². The van der Waals surface area contributed by atoms with Crippen LogP contribution in [0.5, 0.6) is 11.5 Å². The van der Waals surface area contributed by atoms with Gasteiger partial charge in [0.2, 0.25) is 0 Å². The fraction of sp³-hybridized carbons (Fsp3) is 0.211. The first kappa shape index (κ1) is 16.1. The lowest BCUT2D eigenvalue weighted by Gasteiger charge is -2.12. The lowest BCUT2D eigenvalue weighted by molar-refractivity contribution is 0.196. The summed E-state index contributed by atoms with van der Waals surface area (Å²) in [7, 11) is 1.59. The number of nitrogens with one attached hydrogen (secondary N) is 1. The number of nitrogens with zero attached hydrogens (tertiary/aromatic N) is 3. The second kappa shape index (κ2) is 6.50. The molecule has 0 spiro atoms. The average Bonchev–Trinajstić information content (AvgIpc) is 3.24. The molecular formula is C19H16N4O3. The van der Waals surface area contributed by atoms with Gasteiger partial charge in [-0.15, -0.1) is 0 Å². The van der Waals surface area contributed by atoms with Crippen LogP contribution < -0.4 is 9.47 Å². The number of hydrogen-bond acceptors (Lipinski definition) is 6. The first-order chi connectivity index (χ1) is 12.7. The van der Waals surface area contributed by atoms with Crippen molar-refractivity contribution in [2.24, 2.45) is 0 Å². The number of pyridine rings is 1. The Bertz CT molecular complexity index is 1000. The van der Waals surface area contributed by atoms with Crippen molar-refractivity contribution in [3.05, 3.63) is 47.3 Å². The van der Waals surface area contributed by atoms with Crippen molar-refractivity contribution < 1.29 is 14.6 Å². The highest BCUT2D eigenvalue weighted by molar-refractivity contribution is 5.82. The van der Waals surface area contributed by atoms with Gasteiger partial charge in [-0.25, -0.2) is 4.98 Å². The van der Waals surface area contributed by atoms with Crippen molar-refractivity contribution in [3.8, 4) is 40.1 Å². The van der Waals surface area contributed by atoms with E-state index in [0.29, 0.717) is 23.6 Å². The molecule has 7 nitrogen and oxygen atoms in total. The standard InChI is InChI=1S/C19H16N4O3/c1-25-16-7-12-6-15-18(11-2-3-13(9-20)21-10-11)22-23-19(15)14(12)8-17(16)26-5-4-24/h2-3,7-8,10,24H,4-6H2,1H3,(H,22,23). The normalized spacial score (nSPS) is 11.6. The SMILES string of the molecule is COc1cc2c(cc1OCCO)-c1[nH]nc(-c3ccc(C#N)nc3)c1C2. The van der Waals surface area contributed by atoms with Crippen LogP contribution in [0.4, 0.5) is 0 Å². The molecule has 1 aliphatic carbocycles. The van der Waals surface area contributed by atoms with Crippen molar-refractivity contribution in [1.29, 1.82) is 5.26 Å². The van der Waals surface area contributed by atoms with E-state index in [9.17, 15) is 0 Å². The number of ether oxygens (including phenoxy) is 2. The first-order valence-corrected chi connectivity index (χ1v) is 8.14. The van der Waals surface area contributed by atoms with Gasteiger partial charge in [0.05, 0.1) is 25.1 Å². The number of fused-ring (bicyclic) bond motifs is 3. The number of aliphatic hydroxyl groups excluding tert-OH is 1. The van der Waals surface area contributed by atoms with Gasteiger partial charge in [0.15, 0.2) is 11.5 Å². The molecular weight excluding hydrogens is 332 g/mol. The van der Waals surface area contributed by atoms with Crippen LogP contribution in [0.25, 0.3) is 22.5 Å². The van der Waals surface area contributed by atoms with Gasteiger partial charge in [0.1, 0.15) is 18.4 Å². The fourth-order valence-electron chi connectivity index (χ4n) is 3.20. The number of methoxy groups -OCH3 is 1. The molecule has 2 N–H and O–H groups in total. The molecule has 3 aromatic rings. The van der Waals surface area contributed by atoms with E-state index in [-0.39, 0.29) is 13.2 Å². The summed E-state index contributed by atoms with van der Waals surface area (Å²) in [4.78, 5) is 4.12. The number of aliphatic hydroxyl groups is 1. The Morgan fingerprint density at radius 3 is 2.88 bits per heavy atom. The van der Waals surface area contributed by atoms with Crippen LogP contribution in [-0.4, -0.2) is 40.6 Å². The zero-order valence-electron chi connectivity index (χ0n) is 14.1. The van der Waals surface area contributed by atoms with Gasteiger partial charge >= 0.3 is 0 Å². The van der Waals surface area contributed by atoms with Crippen LogP contribution in [0.1, 0.15) is 16.8 Å². The van der Waals surface area contributed by atoms with Gasteiger partial charge < -0.3 is 14.6 Å². The molecule has 0 fully saturated rings. The average molecular weight is 348 g/mol. The lowest BCUT2D eigenvalue weighted by atomic mass is 10.1. The molecule has 0 amide bonds. The quantitative estimate of drug-likeness (QED) is 0.573. The minimum absolute atomic E-state index is 0.0641. The van der Waals surface area contributed by atoms with Crippen LogP contribution in [0.2, 0.25) is 0 Å². The second-order valence-electron chi connectivity index (χ2n) is 5.88.